The van der Waals surface area contributed by atoms with Crippen molar-refractivity contribution in [3.63, 3.8) is 0 Å². The number of thioether (sulfide) groups is 1. The Kier molecular flexibility index (Phi) is 5.90. The minimum atomic E-state index is 0.138. The molecule has 4 N–H and O–H groups in total. The van der Waals surface area contributed by atoms with Crippen LogP contribution in [0.2, 0.25) is 0 Å². The van der Waals surface area contributed by atoms with Crippen LogP contribution in [0.15, 0.2) is 23.1 Å². The molecule has 21 heavy (non-hydrogen) atoms. The molecule has 6 heteroatoms. The normalized spacial score (nSPS) is 16.2. The Morgan fingerprint density at radius 1 is 1.33 bits per heavy atom. The molecule has 0 amide bonds. The summed E-state index contributed by atoms with van der Waals surface area (Å²) in [5.74, 6) is 1.10. The summed E-state index contributed by atoms with van der Waals surface area (Å²) in [5, 5.41) is 16.9. The molecular weight excluding hydrogens is 284 g/mol. The van der Waals surface area contributed by atoms with Crippen molar-refractivity contribution in [1.29, 1.82) is 5.41 Å². The third-order valence-corrected chi connectivity index (χ3v) is 4.64. The number of aliphatic hydroxyl groups is 1. The van der Waals surface area contributed by atoms with Crippen LogP contribution in [0.25, 0.3) is 0 Å². The van der Waals surface area contributed by atoms with Crippen LogP contribution in [-0.4, -0.2) is 60.9 Å². The summed E-state index contributed by atoms with van der Waals surface area (Å²) in [6.45, 7) is 6.72. The predicted molar refractivity (Wildman–Crippen MR) is 89.6 cm³/mol. The number of nitrogens with two attached hydrogens (primary N) is 1. The second-order valence-corrected chi connectivity index (χ2v) is 6.36. The van der Waals surface area contributed by atoms with Gasteiger partial charge in [-0.15, -0.1) is 11.8 Å². The maximum Gasteiger partial charge on any atom is 0.126 e. The van der Waals surface area contributed by atoms with E-state index in [0.717, 1.165) is 54.6 Å². The number of piperazine rings is 1. The number of nitrogen functional groups attached to an aromatic ring is 1. The summed E-state index contributed by atoms with van der Waals surface area (Å²) < 4.78 is 0. The summed E-state index contributed by atoms with van der Waals surface area (Å²) in [6.07, 6.45) is 0. The number of hydrogen-bond acceptors (Lipinski definition) is 5. The van der Waals surface area contributed by atoms with Crippen molar-refractivity contribution in [3.05, 3.63) is 23.8 Å². The molecule has 1 aliphatic rings. The summed E-state index contributed by atoms with van der Waals surface area (Å²) in [7, 11) is 0. The average molecular weight is 308 g/mol. The highest BCUT2D eigenvalue weighted by Gasteiger charge is 2.21. The van der Waals surface area contributed by atoms with Gasteiger partial charge in [-0.25, -0.2) is 0 Å². The summed E-state index contributed by atoms with van der Waals surface area (Å²) in [6, 6.07) is 6.13. The van der Waals surface area contributed by atoms with Crippen LogP contribution in [0.3, 0.4) is 0 Å². The minimum absolute atomic E-state index is 0.138. The number of anilines is 1. The Morgan fingerprint density at radius 3 is 2.62 bits per heavy atom. The smallest absolute Gasteiger partial charge is 0.126 e. The fraction of sp³-hybridized carbons (Fsp3) is 0.533. The standard InChI is InChI=1S/C15H24N4OS/c1-2-21-13-5-3-4-12(14(13)15(16)17)19-8-6-18(7-9-19)10-11-20/h3-5,20H,2,6-11H2,1H3,(H3,16,17). The molecule has 1 saturated heterocycles. The van der Waals surface area contributed by atoms with Gasteiger partial charge in [-0.3, -0.25) is 10.3 Å². The van der Waals surface area contributed by atoms with Crippen molar-refractivity contribution >= 4 is 23.3 Å². The van der Waals surface area contributed by atoms with Crippen LogP contribution in [0, 0.1) is 5.41 Å². The van der Waals surface area contributed by atoms with Crippen LogP contribution in [0.4, 0.5) is 5.69 Å². The van der Waals surface area contributed by atoms with Crippen molar-refractivity contribution in [2.45, 2.75) is 11.8 Å². The molecule has 116 valence electrons. The third kappa shape index (κ3) is 3.90. The second kappa shape index (κ2) is 7.68. The van der Waals surface area contributed by atoms with E-state index in [2.05, 4.69) is 22.8 Å². The monoisotopic (exact) mass is 308 g/mol. The highest BCUT2D eigenvalue weighted by Crippen LogP contribution is 2.31. The molecule has 0 saturated carbocycles. The van der Waals surface area contributed by atoms with Crippen molar-refractivity contribution < 1.29 is 5.11 Å². The van der Waals surface area contributed by atoms with Crippen molar-refractivity contribution in [3.8, 4) is 0 Å². The third-order valence-electron chi connectivity index (χ3n) is 3.70. The van der Waals surface area contributed by atoms with Gasteiger partial charge in [-0.2, -0.15) is 0 Å². The molecule has 0 bridgehead atoms. The fourth-order valence-electron chi connectivity index (χ4n) is 2.68. The van der Waals surface area contributed by atoms with Crippen molar-refractivity contribution in [2.24, 2.45) is 5.73 Å². The van der Waals surface area contributed by atoms with E-state index >= 15 is 0 Å². The molecule has 0 spiro atoms. The van der Waals surface area contributed by atoms with Gasteiger partial charge in [0.05, 0.1) is 12.2 Å². The maximum atomic E-state index is 9.01. The van der Waals surface area contributed by atoms with Gasteiger partial charge in [0.15, 0.2) is 0 Å². The molecule has 1 aromatic rings. The Morgan fingerprint density at radius 2 is 2.05 bits per heavy atom. The van der Waals surface area contributed by atoms with Crippen molar-refractivity contribution in [2.75, 3.05) is 50.0 Å². The van der Waals surface area contributed by atoms with Gasteiger partial charge in [-0.05, 0) is 17.9 Å². The fourth-order valence-corrected chi connectivity index (χ4v) is 3.53. The number of β-amino-alcohol motifs (C(OH)–C–C–N with tert-alkyl or cyclic N) is 1. The van der Waals surface area contributed by atoms with E-state index < -0.39 is 0 Å². The van der Waals surface area contributed by atoms with Gasteiger partial charge in [0.1, 0.15) is 5.84 Å². The quantitative estimate of drug-likeness (QED) is 0.418. The van der Waals surface area contributed by atoms with Crippen LogP contribution >= 0.6 is 11.8 Å². The van der Waals surface area contributed by atoms with Crippen molar-refractivity contribution in [1.82, 2.24) is 4.90 Å². The molecule has 0 aromatic heterocycles. The number of hydrogen-bond donors (Lipinski definition) is 3. The van der Waals surface area contributed by atoms with E-state index in [0.29, 0.717) is 0 Å². The lowest BCUT2D eigenvalue weighted by Gasteiger charge is -2.37. The first-order chi connectivity index (χ1) is 10.2. The van der Waals surface area contributed by atoms with Gasteiger partial charge in [0, 0.05) is 43.3 Å². The lowest BCUT2D eigenvalue weighted by Crippen LogP contribution is -2.47. The van der Waals surface area contributed by atoms with Crippen LogP contribution in [0.1, 0.15) is 12.5 Å². The number of rotatable bonds is 6. The zero-order chi connectivity index (χ0) is 15.2. The van der Waals surface area contributed by atoms with Gasteiger partial charge in [0.2, 0.25) is 0 Å². The summed E-state index contributed by atoms with van der Waals surface area (Å²) >= 11 is 1.73. The Bertz CT molecular complexity index is 487. The van der Waals surface area contributed by atoms with E-state index in [4.69, 9.17) is 16.2 Å². The SMILES string of the molecule is CCSc1cccc(N2CCN(CCO)CC2)c1C(=N)N. The van der Waals surface area contributed by atoms with Crippen LogP contribution in [0.5, 0.6) is 0 Å². The van der Waals surface area contributed by atoms with E-state index in [9.17, 15) is 0 Å². The number of nitrogens with one attached hydrogen (secondary N) is 1. The van der Waals surface area contributed by atoms with E-state index in [1.807, 2.05) is 12.1 Å². The molecule has 1 fully saturated rings. The number of benzene rings is 1. The lowest BCUT2D eigenvalue weighted by molar-refractivity contribution is 0.189. The number of amidine groups is 1. The van der Waals surface area contributed by atoms with E-state index in [-0.39, 0.29) is 12.4 Å². The maximum absolute atomic E-state index is 9.01. The molecule has 1 heterocycles. The molecule has 0 unspecified atom stereocenters. The Balaban J connectivity index is 2.20. The molecule has 2 rings (SSSR count). The van der Waals surface area contributed by atoms with E-state index in [1.165, 1.54) is 0 Å². The topological polar surface area (TPSA) is 76.6 Å². The van der Waals surface area contributed by atoms with Crippen LogP contribution in [-0.2, 0) is 0 Å². The number of nitrogens with zero attached hydrogens (tertiary/aromatic N) is 2. The molecule has 0 aliphatic carbocycles. The molecular formula is C15H24N4OS. The molecule has 5 nitrogen and oxygen atoms in total. The molecule has 0 atom stereocenters. The van der Waals surface area contributed by atoms with E-state index in [1.54, 1.807) is 11.8 Å². The number of aliphatic hydroxyl groups excluding tert-OH is 1. The van der Waals surface area contributed by atoms with Crippen LogP contribution < -0.4 is 10.6 Å². The Hall–Kier alpha value is -1.24. The van der Waals surface area contributed by atoms with Gasteiger partial charge >= 0.3 is 0 Å². The zero-order valence-electron chi connectivity index (χ0n) is 12.5. The molecule has 1 aliphatic heterocycles. The first kappa shape index (κ1) is 16.1. The Labute approximate surface area is 130 Å². The largest absolute Gasteiger partial charge is 0.395 e. The highest BCUT2D eigenvalue weighted by atomic mass is 32.2. The first-order valence-corrected chi connectivity index (χ1v) is 8.34. The second-order valence-electron chi connectivity index (χ2n) is 5.05. The minimum Gasteiger partial charge on any atom is -0.395 e. The molecule has 0 radical (unpaired) electrons. The first-order valence-electron chi connectivity index (χ1n) is 7.35. The van der Waals surface area contributed by atoms with Gasteiger partial charge in [-0.1, -0.05) is 13.0 Å². The zero-order valence-corrected chi connectivity index (χ0v) is 13.3. The predicted octanol–water partition coefficient (Wildman–Crippen LogP) is 1.20. The van der Waals surface area contributed by atoms with Gasteiger partial charge < -0.3 is 15.7 Å². The average Bonchev–Trinajstić information content (AvgIpc) is 2.48. The highest BCUT2D eigenvalue weighted by molar-refractivity contribution is 7.99. The lowest BCUT2D eigenvalue weighted by atomic mass is 10.1. The summed E-state index contributed by atoms with van der Waals surface area (Å²) in [5.41, 5.74) is 7.75. The molecule has 1 aromatic carbocycles. The van der Waals surface area contributed by atoms with Gasteiger partial charge in [0.25, 0.3) is 0 Å². The summed E-state index contributed by atoms with van der Waals surface area (Å²) in [4.78, 5) is 5.64.